The van der Waals surface area contributed by atoms with Crippen molar-refractivity contribution in [3.05, 3.63) is 29.8 Å². The SMILES string of the molecule is Cc1cc(C)n(-c2ncc(NC(=O)C3CCOC3)cn2)n1. The molecule has 2 aromatic heterocycles. The molecule has 1 aliphatic rings. The molecule has 1 aliphatic heterocycles. The fraction of sp³-hybridized carbons (Fsp3) is 0.429. The summed E-state index contributed by atoms with van der Waals surface area (Å²) in [5, 5.41) is 7.13. The van der Waals surface area contributed by atoms with Crippen LogP contribution in [0.15, 0.2) is 18.5 Å². The highest BCUT2D eigenvalue weighted by atomic mass is 16.5. The van der Waals surface area contributed by atoms with Crippen molar-refractivity contribution in [1.29, 1.82) is 0 Å². The minimum atomic E-state index is -0.0827. The molecule has 1 fully saturated rings. The number of aryl methyl sites for hydroxylation is 2. The largest absolute Gasteiger partial charge is 0.381 e. The summed E-state index contributed by atoms with van der Waals surface area (Å²) in [4.78, 5) is 20.5. The fourth-order valence-corrected chi connectivity index (χ4v) is 2.31. The van der Waals surface area contributed by atoms with Crippen molar-refractivity contribution < 1.29 is 9.53 Å². The quantitative estimate of drug-likeness (QED) is 0.919. The second-order valence-corrected chi connectivity index (χ2v) is 5.16. The lowest BCUT2D eigenvalue weighted by Crippen LogP contribution is -2.23. The molecule has 0 aromatic carbocycles. The maximum atomic E-state index is 12.0. The maximum absolute atomic E-state index is 12.0. The van der Waals surface area contributed by atoms with E-state index in [2.05, 4.69) is 20.4 Å². The number of amides is 1. The van der Waals surface area contributed by atoms with E-state index < -0.39 is 0 Å². The van der Waals surface area contributed by atoms with E-state index in [0.29, 0.717) is 24.8 Å². The molecule has 0 bridgehead atoms. The molecule has 3 heterocycles. The van der Waals surface area contributed by atoms with E-state index in [-0.39, 0.29) is 11.8 Å². The van der Waals surface area contributed by atoms with Crippen LogP contribution in [0.4, 0.5) is 5.69 Å². The highest BCUT2D eigenvalue weighted by molar-refractivity contribution is 5.92. The highest BCUT2D eigenvalue weighted by Gasteiger charge is 2.23. The van der Waals surface area contributed by atoms with Crippen LogP contribution in [0, 0.1) is 19.8 Å². The molecule has 2 aromatic rings. The molecule has 0 saturated carbocycles. The standard InChI is InChI=1S/C14H17N5O2/c1-9-5-10(2)19(18-9)14-15-6-12(7-16-14)17-13(20)11-3-4-21-8-11/h5-7,11H,3-4,8H2,1-2H3,(H,17,20). The number of aromatic nitrogens is 4. The normalized spacial score (nSPS) is 17.9. The molecule has 0 aliphatic carbocycles. The minimum Gasteiger partial charge on any atom is -0.381 e. The number of hydrogen-bond acceptors (Lipinski definition) is 5. The zero-order valence-electron chi connectivity index (χ0n) is 12.0. The monoisotopic (exact) mass is 287 g/mol. The Bertz CT molecular complexity index is 644. The summed E-state index contributed by atoms with van der Waals surface area (Å²) in [5.41, 5.74) is 2.46. The van der Waals surface area contributed by atoms with Crippen molar-refractivity contribution in [3.8, 4) is 5.95 Å². The second kappa shape index (κ2) is 5.61. The predicted molar refractivity (Wildman–Crippen MR) is 76.2 cm³/mol. The Hall–Kier alpha value is -2.28. The lowest BCUT2D eigenvalue weighted by molar-refractivity contribution is -0.119. The summed E-state index contributed by atoms with van der Waals surface area (Å²) in [6.45, 7) is 4.99. The van der Waals surface area contributed by atoms with Crippen molar-refractivity contribution >= 4 is 11.6 Å². The van der Waals surface area contributed by atoms with Gasteiger partial charge in [-0.1, -0.05) is 0 Å². The van der Waals surface area contributed by atoms with Crippen molar-refractivity contribution in [1.82, 2.24) is 19.7 Å². The van der Waals surface area contributed by atoms with E-state index in [0.717, 1.165) is 17.8 Å². The van der Waals surface area contributed by atoms with Crippen LogP contribution in [0.25, 0.3) is 5.95 Å². The Morgan fingerprint density at radius 3 is 2.71 bits per heavy atom. The number of ether oxygens (including phenoxy) is 1. The molecule has 0 radical (unpaired) electrons. The average Bonchev–Trinajstić information content (AvgIpc) is 3.09. The van der Waals surface area contributed by atoms with E-state index in [9.17, 15) is 4.79 Å². The van der Waals surface area contributed by atoms with E-state index in [4.69, 9.17) is 4.74 Å². The Labute approximate surface area is 122 Å². The topological polar surface area (TPSA) is 81.9 Å². The van der Waals surface area contributed by atoms with Crippen molar-refractivity contribution in [2.75, 3.05) is 18.5 Å². The number of nitrogens with one attached hydrogen (secondary N) is 1. The summed E-state index contributed by atoms with van der Waals surface area (Å²) in [7, 11) is 0. The van der Waals surface area contributed by atoms with E-state index in [1.165, 1.54) is 0 Å². The van der Waals surface area contributed by atoms with Gasteiger partial charge in [0.05, 0.1) is 36.3 Å². The van der Waals surface area contributed by atoms with Gasteiger partial charge in [-0.15, -0.1) is 0 Å². The molecular weight excluding hydrogens is 270 g/mol. The molecule has 3 rings (SSSR count). The van der Waals surface area contributed by atoms with E-state index in [1.54, 1.807) is 17.1 Å². The summed E-state index contributed by atoms with van der Waals surface area (Å²) in [5.74, 6) is 0.360. The van der Waals surface area contributed by atoms with Crippen molar-refractivity contribution in [3.63, 3.8) is 0 Å². The van der Waals surface area contributed by atoms with Crippen molar-refractivity contribution in [2.24, 2.45) is 5.92 Å². The van der Waals surface area contributed by atoms with E-state index in [1.807, 2.05) is 19.9 Å². The minimum absolute atomic E-state index is 0.0463. The first kappa shape index (κ1) is 13.7. The van der Waals surface area contributed by atoms with Crippen LogP contribution in [0.1, 0.15) is 17.8 Å². The van der Waals surface area contributed by atoms with Gasteiger partial charge < -0.3 is 10.1 Å². The van der Waals surface area contributed by atoms with Gasteiger partial charge in [0.1, 0.15) is 0 Å². The molecule has 0 spiro atoms. The van der Waals surface area contributed by atoms with Crippen LogP contribution in [-0.2, 0) is 9.53 Å². The molecule has 1 atom stereocenters. The summed E-state index contributed by atoms with van der Waals surface area (Å²) in [6, 6.07) is 1.96. The van der Waals surface area contributed by atoms with Gasteiger partial charge in [0.15, 0.2) is 0 Å². The first-order valence-electron chi connectivity index (χ1n) is 6.88. The number of carbonyl (C=O) groups excluding carboxylic acids is 1. The van der Waals surface area contributed by atoms with Gasteiger partial charge >= 0.3 is 0 Å². The first-order chi connectivity index (χ1) is 10.1. The van der Waals surface area contributed by atoms with E-state index >= 15 is 0 Å². The Kier molecular flexibility index (Phi) is 3.66. The zero-order chi connectivity index (χ0) is 14.8. The molecule has 1 N–H and O–H groups in total. The third-order valence-electron chi connectivity index (χ3n) is 3.41. The summed E-state index contributed by atoms with van der Waals surface area (Å²) >= 11 is 0. The van der Waals surface area contributed by atoms with Crippen LogP contribution < -0.4 is 5.32 Å². The Morgan fingerprint density at radius 2 is 2.14 bits per heavy atom. The van der Waals surface area contributed by atoms with Crippen LogP contribution in [-0.4, -0.2) is 38.9 Å². The fourth-order valence-electron chi connectivity index (χ4n) is 2.31. The lowest BCUT2D eigenvalue weighted by atomic mass is 10.1. The Balaban J connectivity index is 1.72. The average molecular weight is 287 g/mol. The third kappa shape index (κ3) is 2.92. The lowest BCUT2D eigenvalue weighted by Gasteiger charge is -2.09. The van der Waals surface area contributed by atoms with Gasteiger partial charge in [-0.25, -0.2) is 14.6 Å². The molecule has 1 saturated heterocycles. The number of carbonyl (C=O) groups is 1. The van der Waals surface area contributed by atoms with Crippen LogP contribution in [0.2, 0.25) is 0 Å². The molecular formula is C14H17N5O2. The molecule has 110 valence electrons. The zero-order valence-corrected chi connectivity index (χ0v) is 12.0. The van der Waals surface area contributed by atoms with Gasteiger partial charge in [0.2, 0.25) is 5.91 Å². The molecule has 1 unspecified atom stereocenters. The number of anilines is 1. The van der Waals surface area contributed by atoms with Gasteiger partial charge in [0.25, 0.3) is 5.95 Å². The Morgan fingerprint density at radius 1 is 1.38 bits per heavy atom. The second-order valence-electron chi connectivity index (χ2n) is 5.16. The smallest absolute Gasteiger partial charge is 0.250 e. The van der Waals surface area contributed by atoms with Gasteiger partial charge in [-0.3, -0.25) is 4.79 Å². The predicted octanol–water partition coefficient (Wildman–Crippen LogP) is 1.25. The van der Waals surface area contributed by atoms with Crippen LogP contribution in [0.5, 0.6) is 0 Å². The molecule has 7 nitrogen and oxygen atoms in total. The van der Waals surface area contributed by atoms with Crippen LogP contribution in [0.3, 0.4) is 0 Å². The highest BCUT2D eigenvalue weighted by Crippen LogP contribution is 2.15. The van der Waals surface area contributed by atoms with Gasteiger partial charge in [0, 0.05) is 12.3 Å². The maximum Gasteiger partial charge on any atom is 0.250 e. The molecule has 1 amide bonds. The first-order valence-corrected chi connectivity index (χ1v) is 6.88. The molecule has 21 heavy (non-hydrogen) atoms. The van der Waals surface area contributed by atoms with Crippen LogP contribution >= 0.6 is 0 Å². The summed E-state index contributed by atoms with van der Waals surface area (Å²) in [6.07, 6.45) is 3.94. The summed E-state index contributed by atoms with van der Waals surface area (Å²) < 4.78 is 6.88. The van der Waals surface area contributed by atoms with Crippen molar-refractivity contribution in [2.45, 2.75) is 20.3 Å². The van der Waals surface area contributed by atoms with Gasteiger partial charge in [-0.2, -0.15) is 5.10 Å². The third-order valence-corrected chi connectivity index (χ3v) is 3.41. The number of nitrogens with zero attached hydrogens (tertiary/aromatic N) is 4. The molecule has 7 heteroatoms. The number of hydrogen-bond donors (Lipinski definition) is 1. The number of rotatable bonds is 3. The van der Waals surface area contributed by atoms with Gasteiger partial charge in [-0.05, 0) is 26.3 Å².